The minimum absolute atomic E-state index is 0.0245. The molecule has 2 rings (SSSR count). The van der Waals surface area contributed by atoms with Gasteiger partial charge < -0.3 is 4.98 Å². The van der Waals surface area contributed by atoms with Gasteiger partial charge in [0.15, 0.2) is 5.78 Å². The van der Waals surface area contributed by atoms with Gasteiger partial charge in [0.2, 0.25) is 0 Å². The lowest BCUT2D eigenvalue weighted by Gasteiger charge is -1.96. The van der Waals surface area contributed by atoms with Crippen molar-refractivity contribution in [2.75, 3.05) is 0 Å². The summed E-state index contributed by atoms with van der Waals surface area (Å²) in [4.78, 5) is 14.3. The predicted molar refractivity (Wildman–Crippen MR) is 57.7 cm³/mol. The van der Waals surface area contributed by atoms with Crippen molar-refractivity contribution in [1.29, 1.82) is 0 Å². The van der Waals surface area contributed by atoms with Crippen LogP contribution >= 0.6 is 0 Å². The summed E-state index contributed by atoms with van der Waals surface area (Å²) in [5, 5.41) is 0.790. The average Bonchev–Trinajstić information content (AvgIpc) is 2.44. The highest BCUT2D eigenvalue weighted by Crippen LogP contribution is 2.25. The first kappa shape index (κ1) is 9.90. The van der Waals surface area contributed by atoms with E-state index in [9.17, 15) is 9.18 Å². The van der Waals surface area contributed by atoms with Crippen molar-refractivity contribution in [2.45, 2.75) is 20.8 Å². The van der Waals surface area contributed by atoms with Crippen LogP contribution in [0.3, 0.4) is 0 Å². The number of Topliss-reactive ketones (excluding diaryl/α,β-unsaturated/α-hetero) is 1. The van der Waals surface area contributed by atoms with E-state index in [2.05, 4.69) is 4.98 Å². The van der Waals surface area contributed by atoms with Crippen LogP contribution in [0.5, 0.6) is 0 Å². The van der Waals surface area contributed by atoms with Gasteiger partial charge in [-0.3, -0.25) is 4.79 Å². The van der Waals surface area contributed by atoms with Gasteiger partial charge in [0.25, 0.3) is 0 Å². The summed E-state index contributed by atoms with van der Waals surface area (Å²) >= 11 is 0. The molecule has 15 heavy (non-hydrogen) atoms. The molecule has 0 amide bonds. The van der Waals surface area contributed by atoms with Gasteiger partial charge in [-0.05, 0) is 37.1 Å². The Balaban J connectivity index is 2.88. The summed E-state index contributed by atoms with van der Waals surface area (Å²) in [7, 11) is 0. The van der Waals surface area contributed by atoms with Gasteiger partial charge >= 0.3 is 0 Å². The second-order valence-corrected chi connectivity index (χ2v) is 3.83. The smallest absolute Gasteiger partial charge is 0.176 e. The predicted octanol–water partition coefficient (Wildman–Crippen LogP) is 3.13. The number of carbonyl (C=O) groups is 1. The molecule has 2 aromatic rings. The molecule has 2 nitrogen and oxygen atoms in total. The highest BCUT2D eigenvalue weighted by atomic mass is 19.1. The van der Waals surface area contributed by atoms with E-state index in [0.717, 1.165) is 22.0 Å². The van der Waals surface area contributed by atoms with Crippen molar-refractivity contribution < 1.29 is 9.18 Å². The van der Waals surface area contributed by atoms with Crippen molar-refractivity contribution >= 4 is 16.7 Å². The zero-order valence-corrected chi connectivity index (χ0v) is 8.94. The quantitative estimate of drug-likeness (QED) is 0.713. The lowest BCUT2D eigenvalue weighted by Crippen LogP contribution is -1.93. The average molecular weight is 205 g/mol. The molecule has 0 saturated heterocycles. The molecule has 0 aliphatic heterocycles. The number of benzene rings is 1. The summed E-state index contributed by atoms with van der Waals surface area (Å²) in [6, 6.07) is 2.92. The van der Waals surface area contributed by atoms with E-state index in [0.29, 0.717) is 5.69 Å². The molecule has 0 radical (unpaired) electrons. The monoisotopic (exact) mass is 205 g/mol. The van der Waals surface area contributed by atoms with Crippen LogP contribution in [0.2, 0.25) is 0 Å². The molecular formula is C12H12FNO. The number of halogens is 1. The number of fused-ring (bicyclic) bond motifs is 1. The molecule has 0 atom stereocenters. The van der Waals surface area contributed by atoms with E-state index in [-0.39, 0.29) is 11.6 Å². The van der Waals surface area contributed by atoms with Crippen LogP contribution in [-0.4, -0.2) is 10.8 Å². The molecule has 3 heteroatoms. The maximum Gasteiger partial charge on any atom is 0.176 e. The van der Waals surface area contributed by atoms with E-state index in [1.54, 1.807) is 0 Å². The SMILES string of the molecule is CC(=O)c1[nH]c2c(C)cc(F)cc2c1C. The standard InChI is InChI=1S/C12H12FNO/c1-6-4-9(13)5-10-7(2)12(8(3)15)14-11(6)10/h4-5,14H,1-3H3. The number of hydrogen-bond donors (Lipinski definition) is 1. The Bertz CT molecular complexity index is 554. The molecule has 0 fully saturated rings. The van der Waals surface area contributed by atoms with Crippen LogP contribution in [0, 0.1) is 19.7 Å². The van der Waals surface area contributed by atoms with Crippen LogP contribution < -0.4 is 0 Å². The fourth-order valence-electron chi connectivity index (χ4n) is 1.91. The molecule has 0 aliphatic carbocycles. The molecule has 0 bridgehead atoms. The fraction of sp³-hybridized carbons (Fsp3) is 0.250. The number of hydrogen-bond acceptors (Lipinski definition) is 1. The van der Waals surface area contributed by atoms with E-state index >= 15 is 0 Å². The van der Waals surface area contributed by atoms with E-state index in [4.69, 9.17) is 0 Å². The third-order valence-electron chi connectivity index (χ3n) is 2.68. The van der Waals surface area contributed by atoms with Crippen LogP contribution in [0.1, 0.15) is 28.5 Å². The Morgan fingerprint density at radius 2 is 2.00 bits per heavy atom. The summed E-state index contributed by atoms with van der Waals surface area (Å²) in [5.41, 5.74) is 3.05. The molecule has 78 valence electrons. The Kier molecular flexibility index (Phi) is 2.11. The minimum Gasteiger partial charge on any atom is -0.352 e. The van der Waals surface area contributed by atoms with E-state index in [1.807, 2.05) is 13.8 Å². The van der Waals surface area contributed by atoms with Gasteiger partial charge in [-0.2, -0.15) is 0 Å². The molecule has 1 N–H and O–H groups in total. The second kappa shape index (κ2) is 3.19. The number of aromatic amines is 1. The van der Waals surface area contributed by atoms with Crippen LogP contribution in [0.25, 0.3) is 10.9 Å². The van der Waals surface area contributed by atoms with Gasteiger partial charge in [-0.1, -0.05) is 0 Å². The summed E-state index contributed by atoms with van der Waals surface area (Å²) in [5.74, 6) is -0.291. The molecular weight excluding hydrogens is 193 g/mol. The zero-order chi connectivity index (χ0) is 11.2. The number of nitrogens with one attached hydrogen (secondary N) is 1. The molecule has 0 unspecified atom stereocenters. The zero-order valence-electron chi connectivity index (χ0n) is 8.94. The first-order valence-electron chi connectivity index (χ1n) is 4.80. The number of aromatic nitrogens is 1. The molecule has 0 aliphatic rings. The van der Waals surface area contributed by atoms with Crippen LogP contribution in [-0.2, 0) is 0 Å². The van der Waals surface area contributed by atoms with Crippen molar-refractivity contribution in [2.24, 2.45) is 0 Å². The lowest BCUT2D eigenvalue weighted by molar-refractivity contribution is 0.101. The highest BCUT2D eigenvalue weighted by molar-refractivity contribution is 6.01. The lowest BCUT2D eigenvalue weighted by atomic mass is 10.1. The Hall–Kier alpha value is -1.64. The summed E-state index contributed by atoms with van der Waals surface area (Å²) in [6.07, 6.45) is 0. The highest BCUT2D eigenvalue weighted by Gasteiger charge is 2.13. The summed E-state index contributed by atoms with van der Waals surface area (Å²) in [6.45, 7) is 5.16. The molecule has 0 spiro atoms. The number of aryl methyl sites for hydroxylation is 2. The number of ketones is 1. The Labute approximate surface area is 87.1 Å². The maximum atomic E-state index is 13.2. The first-order chi connectivity index (χ1) is 7.00. The van der Waals surface area contributed by atoms with Gasteiger partial charge in [-0.15, -0.1) is 0 Å². The van der Waals surface area contributed by atoms with E-state index < -0.39 is 0 Å². The van der Waals surface area contributed by atoms with Crippen molar-refractivity contribution in [3.63, 3.8) is 0 Å². The second-order valence-electron chi connectivity index (χ2n) is 3.83. The normalized spacial score (nSPS) is 10.9. The van der Waals surface area contributed by atoms with Crippen molar-refractivity contribution in [3.8, 4) is 0 Å². The van der Waals surface area contributed by atoms with Crippen molar-refractivity contribution in [3.05, 3.63) is 34.8 Å². The maximum absolute atomic E-state index is 13.2. The third-order valence-corrected chi connectivity index (χ3v) is 2.68. The third kappa shape index (κ3) is 1.44. The number of rotatable bonds is 1. The largest absolute Gasteiger partial charge is 0.352 e. The summed E-state index contributed by atoms with van der Waals surface area (Å²) < 4.78 is 13.2. The Morgan fingerprint density at radius 3 is 2.60 bits per heavy atom. The van der Waals surface area contributed by atoms with Gasteiger partial charge in [0, 0.05) is 17.8 Å². The van der Waals surface area contributed by atoms with E-state index in [1.165, 1.54) is 19.1 Å². The molecule has 1 heterocycles. The van der Waals surface area contributed by atoms with Gasteiger partial charge in [0.05, 0.1) is 5.69 Å². The van der Waals surface area contributed by atoms with Crippen molar-refractivity contribution in [1.82, 2.24) is 4.98 Å². The van der Waals surface area contributed by atoms with Crippen LogP contribution in [0.15, 0.2) is 12.1 Å². The molecule has 1 aromatic carbocycles. The fourth-order valence-corrected chi connectivity index (χ4v) is 1.91. The van der Waals surface area contributed by atoms with Gasteiger partial charge in [0.1, 0.15) is 5.82 Å². The Morgan fingerprint density at radius 1 is 1.33 bits per heavy atom. The first-order valence-corrected chi connectivity index (χ1v) is 4.80. The number of carbonyl (C=O) groups excluding carboxylic acids is 1. The van der Waals surface area contributed by atoms with Crippen LogP contribution in [0.4, 0.5) is 4.39 Å². The van der Waals surface area contributed by atoms with Gasteiger partial charge in [-0.25, -0.2) is 4.39 Å². The molecule has 0 saturated carbocycles. The molecule has 1 aromatic heterocycles. The topological polar surface area (TPSA) is 32.9 Å². The minimum atomic E-state index is -0.266. The number of H-pyrrole nitrogens is 1.